The summed E-state index contributed by atoms with van der Waals surface area (Å²) >= 11 is 1.27. The van der Waals surface area contributed by atoms with E-state index in [2.05, 4.69) is 4.90 Å². The molecular formula is C14H23NO4S. The molecule has 5 nitrogen and oxygen atoms in total. The van der Waals surface area contributed by atoms with Crippen molar-refractivity contribution in [3.05, 3.63) is 21.9 Å². The maximum atomic E-state index is 11.1. The number of carboxylic acids is 1. The van der Waals surface area contributed by atoms with Crippen LogP contribution >= 0.6 is 11.3 Å². The second-order valence-corrected chi connectivity index (χ2v) is 5.17. The first-order valence-electron chi connectivity index (χ1n) is 6.86. The summed E-state index contributed by atoms with van der Waals surface area (Å²) in [4.78, 5) is 13.7. The Kier molecular flexibility index (Phi) is 8.45. The number of aromatic carboxylic acids is 1. The van der Waals surface area contributed by atoms with Crippen molar-refractivity contribution in [2.75, 3.05) is 39.5 Å². The van der Waals surface area contributed by atoms with Crippen LogP contribution in [0.2, 0.25) is 0 Å². The number of carbonyl (C=O) groups is 1. The van der Waals surface area contributed by atoms with Crippen LogP contribution in [0.4, 0.5) is 0 Å². The number of nitrogens with zero attached hydrogens (tertiary/aromatic N) is 1. The fourth-order valence-electron chi connectivity index (χ4n) is 1.83. The molecule has 0 amide bonds. The van der Waals surface area contributed by atoms with E-state index in [0.717, 1.165) is 18.7 Å². The monoisotopic (exact) mass is 301 g/mol. The van der Waals surface area contributed by atoms with Gasteiger partial charge in [-0.3, -0.25) is 4.90 Å². The summed E-state index contributed by atoms with van der Waals surface area (Å²) in [5, 5.41) is 11.0. The summed E-state index contributed by atoms with van der Waals surface area (Å²) in [6.45, 7) is 8.77. The van der Waals surface area contributed by atoms with Crippen molar-refractivity contribution in [2.24, 2.45) is 0 Å². The first kappa shape index (κ1) is 17.1. The Morgan fingerprint density at radius 1 is 1.25 bits per heavy atom. The Bertz CT molecular complexity index is 384. The lowest BCUT2D eigenvalue weighted by Crippen LogP contribution is -2.31. The van der Waals surface area contributed by atoms with E-state index in [1.54, 1.807) is 0 Å². The van der Waals surface area contributed by atoms with E-state index in [9.17, 15) is 4.79 Å². The van der Waals surface area contributed by atoms with Crippen LogP contribution in [0.3, 0.4) is 0 Å². The summed E-state index contributed by atoms with van der Waals surface area (Å²) < 4.78 is 10.7. The molecule has 20 heavy (non-hydrogen) atoms. The van der Waals surface area contributed by atoms with Crippen molar-refractivity contribution in [1.29, 1.82) is 0 Å². The molecule has 0 atom stereocenters. The molecule has 0 aliphatic heterocycles. The quantitative estimate of drug-likeness (QED) is 0.636. The van der Waals surface area contributed by atoms with Gasteiger partial charge in [0.15, 0.2) is 0 Å². The van der Waals surface area contributed by atoms with Crippen molar-refractivity contribution >= 4 is 17.3 Å². The van der Waals surface area contributed by atoms with Crippen molar-refractivity contribution in [3.8, 4) is 0 Å². The second-order valence-electron chi connectivity index (χ2n) is 4.25. The van der Waals surface area contributed by atoms with E-state index in [4.69, 9.17) is 14.6 Å². The lowest BCUT2D eigenvalue weighted by atomic mass is 10.2. The van der Waals surface area contributed by atoms with Gasteiger partial charge in [-0.1, -0.05) is 0 Å². The molecule has 0 aromatic carbocycles. The summed E-state index contributed by atoms with van der Waals surface area (Å²) in [6, 6.07) is 1.88. The lowest BCUT2D eigenvalue weighted by Gasteiger charge is -2.22. The number of thiophene rings is 1. The van der Waals surface area contributed by atoms with Crippen molar-refractivity contribution in [3.63, 3.8) is 0 Å². The summed E-state index contributed by atoms with van der Waals surface area (Å²) in [5.74, 6) is -0.857. The molecule has 1 heterocycles. The molecule has 1 N–H and O–H groups in total. The van der Waals surface area contributed by atoms with Crippen LogP contribution in [0.5, 0.6) is 0 Å². The highest BCUT2D eigenvalue weighted by atomic mass is 32.1. The van der Waals surface area contributed by atoms with Gasteiger partial charge in [0.25, 0.3) is 0 Å². The van der Waals surface area contributed by atoms with Crippen molar-refractivity contribution in [1.82, 2.24) is 4.90 Å². The second kappa shape index (κ2) is 9.88. The minimum absolute atomic E-state index is 0.419. The molecule has 0 saturated carbocycles. The van der Waals surface area contributed by atoms with Crippen molar-refractivity contribution < 1.29 is 19.4 Å². The average Bonchev–Trinajstić information content (AvgIpc) is 2.87. The molecule has 0 radical (unpaired) electrons. The third-order valence-electron chi connectivity index (χ3n) is 2.85. The summed E-state index contributed by atoms with van der Waals surface area (Å²) in [6.07, 6.45) is 0. The molecule has 0 aliphatic carbocycles. The molecule has 0 bridgehead atoms. The maximum absolute atomic E-state index is 11.1. The topological polar surface area (TPSA) is 59.0 Å². The summed E-state index contributed by atoms with van der Waals surface area (Å²) in [5.41, 5.74) is 0.857. The van der Waals surface area contributed by atoms with Crippen LogP contribution in [0, 0.1) is 0 Å². The van der Waals surface area contributed by atoms with Gasteiger partial charge in [0.05, 0.1) is 13.2 Å². The first-order valence-corrected chi connectivity index (χ1v) is 7.74. The molecule has 6 heteroatoms. The summed E-state index contributed by atoms with van der Waals surface area (Å²) in [7, 11) is 0. The van der Waals surface area contributed by atoms with Gasteiger partial charge in [0.2, 0.25) is 0 Å². The molecule has 0 spiro atoms. The molecule has 0 fully saturated rings. The molecule has 1 rings (SSSR count). The Morgan fingerprint density at radius 3 is 2.35 bits per heavy atom. The van der Waals surface area contributed by atoms with Crippen LogP contribution < -0.4 is 0 Å². The SMILES string of the molecule is CCOCCN(CCOCC)Cc1ccsc1C(=O)O. The fraction of sp³-hybridized carbons (Fsp3) is 0.643. The van der Waals surface area contributed by atoms with Gasteiger partial charge < -0.3 is 14.6 Å². The number of ether oxygens (including phenoxy) is 2. The molecular weight excluding hydrogens is 278 g/mol. The van der Waals surface area contributed by atoms with Crippen LogP contribution in [-0.4, -0.2) is 55.5 Å². The van der Waals surface area contributed by atoms with E-state index in [1.165, 1.54) is 11.3 Å². The van der Waals surface area contributed by atoms with Crippen LogP contribution in [0.15, 0.2) is 11.4 Å². The Balaban J connectivity index is 2.57. The van der Waals surface area contributed by atoms with Gasteiger partial charge in [0.1, 0.15) is 4.88 Å². The third-order valence-corrected chi connectivity index (χ3v) is 3.79. The number of rotatable bonds is 11. The van der Waals surface area contributed by atoms with Crippen LogP contribution in [-0.2, 0) is 16.0 Å². The van der Waals surface area contributed by atoms with Gasteiger partial charge in [-0.15, -0.1) is 11.3 Å². The highest BCUT2D eigenvalue weighted by Crippen LogP contribution is 2.18. The average molecular weight is 301 g/mol. The molecule has 0 unspecified atom stereocenters. The van der Waals surface area contributed by atoms with Gasteiger partial charge >= 0.3 is 5.97 Å². The van der Waals surface area contributed by atoms with E-state index in [0.29, 0.717) is 37.8 Å². The molecule has 0 saturated heterocycles. The van der Waals surface area contributed by atoms with Gasteiger partial charge in [-0.2, -0.15) is 0 Å². The van der Waals surface area contributed by atoms with Gasteiger partial charge in [0, 0.05) is 32.8 Å². The predicted octanol–water partition coefficient (Wildman–Crippen LogP) is 2.32. The smallest absolute Gasteiger partial charge is 0.346 e. The Morgan fingerprint density at radius 2 is 1.85 bits per heavy atom. The highest BCUT2D eigenvalue weighted by Gasteiger charge is 2.14. The molecule has 114 valence electrons. The van der Waals surface area contributed by atoms with Crippen LogP contribution in [0.1, 0.15) is 29.1 Å². The van der Waals surface area contributed by atoms with Crippen LogP contribution in [0.25, 0.3) is 0 Å². The molecule has 1 aromatic heterocycles. The van der Waals surface area contributed by atoms with E-state index >= 15 is 0 Å². The standard InChI is InChI=1S/C14H23NO4S/c1-3-18-8-6-15(7-9-19-4-2)11-12-5-10-20-13(12)14(16)17/h5,10H,3-4,6-9,11H2,1-2H3,(H,16,17). The minimum atomic E-state index is -0.857. The number of hydrogen-bond donors (Lipinski definition) is 1. The molecule has 0 aliphatic rings. The van der Waals surface area contributed by atoms with Gasteiger partial charge in [-0.25, -0.2) is 4.79 Å². The van der Waals surface area contributed by atoms with E-state index < -0.39 is 5.97 Å². The van der Waals surface area contributed by atoms with E-state index in [-0.39, 0.29) is 0 Å². The van der Waals surface area contributed by atoms with Gasteiger partial charge in [-0.05, 0) is 30.9 Å². The minimum Gasteiger partial charge on any atom is -0.477 e. The lowest BCUT2D eigenvalue weighted by molar-refractivity contribution is 0.0694. The maximum Gasteiger partial charge on any atom is 0.346 e. The highest BCUT2D eigenvalue weighted by molar-refractivity contribution is 7.12. The predicted molar refractivity (Wildman–Crippen MR) is 79.5 cm³/mol. The number of carboxylic acid groups (broad SMARTS) is 1. The zero-order chi connectivity index (χ0) is 14.8. The Hall–Kier alpha value is -0.950. The van der Waals surface area contributed by atoms with Crippen molar-refractivity contribution in [2.45, 2.75) is 20.4 Å². The van der Waals surface area contributed by atoms with E-state index in [1.807, 2.05) is 25.3 Å². The number of hydrogen-bond acceptors (Lipinski definition) is 5. The normalized spacial score (nSPS) is 11.2. The third kappa shape index (κ3) is 6.00. The largest absolute Gasteiger partial charge is 0.477 e. The fourth-order valence-corrected chi connectivity index (χ4v) is 2.59. The zero-order valence-corrected chi connectivity index (χ0v) is 12.9. The zero-order valence-electron chi connectivity index (χ0n) is 12.1. The first-order chi connectivity index (χ1) is 9.69. The Labute approximate surface area is 124 Å². The molecule has 1 aromatic rings.